The summed E-state index contributed by atoms with van der Waals surface area (Å²) in [5.41, 5.74) is -0.583. The molecule has 0 saturated carbocycles. The number of phenols is 2. The lowest BCUT2D eigenvalue weighted by Gasteiger charge is -2.16. The second-order valence-corrected chi connectivity index (χ2v) is 6.43. The molecule has 8 heteroatoms. The molecule has 0 bridgehead atoms. The van der Waals surface area contributed by atoms with E-state index >= 15 is 0 Å². The van der Waals surface area contributed by atoms with Crippen LogP contribution in [0.4, 0.5) is 5.69 Å². The second kappa shape index (κ2) is 6.72. The van der Waals surface area contributed by atoms with Crippen LogP contribution in [0.25, 0.3) is 10.8 Å². The Morgan fingerprint density at radius 3 is 2.58 bits per heavy atom. The maximum atomic E-state index is 13.0. The molecule has 1 saturated heterocycles. The molecule has 0 unspecified atom stereocenters. The molecule has 1 heterocycles. The zero-order chi connectivity index (χ0) is 19.0. The highest BCUT2D eigenvalue weighted by molar-refractivity contribution is 6.13. The topological polar surface area (TPSA) is 130 Å². The van der Waals surface area contributed by atoms with Crippen LogP contribution in [-0.2, 0) is 11.2 Å². The number of carbonyl (C=O) groups is 2. The van der Waals surface area contributed by atoms with Crippen molar-refractivity contribution < 1.29 is 24.7 Å². The summed E-state index contributed by atoms with van der Waals surface area (Å²) >= 11 is 0. The summed E-state index contributed by atoms with van der Waals surface area (Å²) in [7, 11) is 0. The van der Waals surface area contributed by atoms with Crippen molar-refractivity contribution in [1.29, 1.82) is 0 Å². The Bertz CT molecular complexity index is 931. The van der Waals surface area contributed by atoms with E-state index in [-0.39, 0.29) is 39.9 Å². The van der Waals surface area contributed by atoms with Crippen molar-refractivity contribution in [3.05, 3.63) is 39.4 Å². The van der Waals surface area contributed by atoms with Crippen LogP contribution in [0, 0.1) is 10.1 Å². The number of fused-ring (bicyclic) bond motifs is 1. The van der Waals surface area contributed by atoms with Crippen molar-refractivity contribution in [3.63, 3.8) is 0 Å². The van der Waals surface area contributed by atoms with Crippen LogP contribution >= 0.6 is 0 Å². The Balaban J connectivity index is 2.39. The number of nitrogens with zero attached hydrogens (tertiary/aromatic N) is 1. The van der Waals surface area contributed by atoms with Crippen LogP contribution in [0.3, 0.4) is 0 Å². The number of Topliss-reactive ketones (excluding diaryl/α,β-unsaturated/α-hetero) is 2. The summed E-state index contributed by atoms with van der Waals surface area (Å²) in [5, 5.41) is 34.9. The number of nitrogens with one attached hydrogen (secondary N) is 1. The van der Waals surface area contributed by atoms with Gasteiger partial charge >= 0.3 is 0 Å². The average molecular weight is 358 g/mol. The predicted octanol–water partition coefficient (Wildman–Crippen LogP) is 2.23. The minimum atomic E-state index is -0.743. The molecule has 0 spiro atoms. The van der Waals surface area contributed by atoms with Gasteiger partial charge in [0.05, 0.1) is 11.0 Å². The summed E-state index contributed by atoms with van der Waals surface area (Å²) < 4.78 is 0. The van der Waals surface area contributed by atoms with Gasteiger partial charge in [-0.05, 0) is 50.1 Å². The number of aromatic hydroxyl groups is 2. The third kappa shape index (κ3) is 2.99. The highest BCUT2D eigenvalue weighted by Crippen LogP contribution is 2.42. The van der Waals surface area contributed by atoms with Crippen LogP contribution < -0.4 is 5.32 Å². The van der Waals surface area contributed by atoms with Gasteiger partial charge in [-0.2, -0.15) is 0 Å². The molecule has 0 amide bonds. The number of nitro groups is 1. The summed E-state index contributed by atoms with van der Waals surface area (Å²) in [5.74, 6) is -1.43. The average Bonchev–Trinajstić information content (AvgIpc) is 3.10. The zero-order valence-corrected chi connectivity index (χ0v) is 14.1. The van der Waals surface area contributed by atoms with Gasteiger partial charge in [-0.25, -0.2) is 0 Å². The Morgan fingerprint density at radius 2 is 2.00 bits per heavy atom. The van der Waals surface area contributed by atoms with Gasteiger partial charge in [0.2, 0.25) is 0 Å². The molecule has 1 fully saturated rings. The lowest BCUT2D eigenvalue weighted by Crippen LogP contribution is -2.32. The molecule has 0 radical (unpaired) electrons. The van der Waals surface area contributed by atoms with Crippen LogP contribution in [0.5, 0.6) is 11.5 Å². The predicted molar refractivity (Wildman–Crippen MR) is 93.7 cm³/mol. The molecule has 2 aromatic carbocycles. The van der Waals surface area contributed by atoms with Gasteiger partial charge in [0, 0.05) is 11.8 Å². The molecule has 1 atom stereocenters. The number of benzene rings is 2. The molecule has 136 valence electrons. The largest absolute Gasteiger partial charge is 0.507 e. The van der Waals surface area contributed by atoms with E-state index in [1.807, 2.05) is 0 Å². The van der Waals surface area contributed by atoms with E-state index in [0.29, 0.717) is 13.0 Å². The Morgan fingerprint density at radius 1 is 1.31 bits per heavy atom. The number of carbonyl (C=O) groups excluding carboxylic acids is 2. The number of ketones is 2. The van der Waals surface area contributed by atoms with Crippen LogP contribution in [0.2, 0.25) is 0 Å². The van der Waals surface area contributed by atoms with Crippen molar-refractivity contribution in [2.75, 3.05) is 6.54 Å². The van der Waals surface area contributed by atoms with E-state index in [4.69, 9.17) is 0 Å². The van der Waals surface area contributed by atoms with Gasteiger partial charge in [-0.1, -0.05) is 0 Å². The molecular formula is C18H18N2O6. The molecule has 1 aliphatic heterocycles. The first-order valence-corrected chi connectivity index (χ1v) is 8.23. The van der Waals surface area contributed by atoms with E-state index in [1.165, 1.54) is 19.1 Å². The number of phenolic OH excluding ortho intramolecular Hbond substituents is 2. The third-order valence-corrected chi connectivity index (χ3v) is 4.56. The smallest absolute Gasteiger partial charge is 0.292 e. The summed E-state index contributed by atoms with van der Waals surface area (Å²) in [6.45, 7) is 1.95. The highest BCUT2D eigenvalue weighted by atomic mass is 16.6. The number of hydrogen-bond donors (Lipinski definition) is 3. The summed E-state index contributed by atoms with van der Waals surface area (Å²) in [6, 6.07) is 3.15. The van der Waals surface area contributed by atoms with Gasteiger partial charge in [-0.15, -0.1) is 0 Å². The van der Waals surface area contributed by atoms with Crippen LogP contribution in [-0.4, -0.2) is 39.3 Å². The SMILES string of the molecule is CC(=O)Cc1cc2c(O)ccc(O)c2c([N+](=O)[O-])c1C(=O)[C@@H]1CCCN1. The van der Waals surface area contributed by atoms with Crippen molar-refractivity contribution in [2.24, 2.45) is 0 Å². The minimum Gasteiger partial charge on any atom is -0.507 e. The Labute approximate surface area is 148 Å². The standard InChI is InChI=1S/C18H18N2O6/c1-9(21)7-10-8-11-13(22)4-5-14(23)16(11)17(20(25)26)15(10)18(24)12-3-2-6-19-12/h4-5,8,12,19,22-23H,2-3,6-7H2,1H3/t12-/m0/s1. The molecule has 26 heavy (non-hydrogen) atoms. The fourth-order valence-corrected chi connectivity index (χ4v) is 3.46. The first kappa shape index (κ1) is 17.8. The molecule has 2 aromatic rings. The summed E-state index contributed by atoms with van der Waals surface area (Å²) in [4.78, 5) is 35.7. The van der Waals surface area contributed by atoms with Gasteiger partial charge in [-0.3, -0.25) is 19.7 Å². The van der Waals surface area contributed by atoms with E-state index in [0.717, 1.165) is 12.5 Å². The molecule has 0 aliphatic carbocycles. The lowest BCUT2D eigenvalue weighted by molar-refractivity contribution is -0.383. The quantitative estimate of drug-likeness (QED) is 0.323. The van der Waals surface area contributed by atoms with Crippen molar-refractivity contribution in [2.45, 2.75) is 32.2 Å². The minimum absolute atomic E-state index is 0.0314. The van der Waals surface area contributed by atoms with Gasteiger partial charge in [0.1, 0.15) is 28.2 Å². The number of nitro benzene ring substituents is 1. The number of hydrogen-bond acceptors (Lipinski definition) is 7. The van der Waals surface area contributed by atoms with E-state index in [1.54, 1.807) is 0 Å². The molecule has 0 aromatic heterocycles. The van der Waals surface area contributed by atoms with E-state index < -0.39 is 28.2 Å². The first-order chi connectivity index (χ1) is 12.3. The Kier molecular flexibility index (Phi) is 4.60. The molecular weight excluding hydrogens is 340 g/mol. The first-order valence-electron chi connectivity index (χ1n) is 8.23. The summed E-state index contributed by atoms with van der Waals surface area (Å²) in [6.07, 6.45) is 1.13. The van der Waals surface area contributed by atoms with Crippen molar-refractivity contribution >= 4 is 28.0 Å². The molecule has 3 rings (SSSR count). The monoisotopic (exact) mass is 358 g/mol. The molecule has 1 aliphatic rings. The van der Waals surface area contributed by atoms with Crippen LogP contribution in [0.1, 0.15) is 35.7 Å². The van der Waals surface area contributed by atoms with Gasteiger partial charge < -0.3 is 15.5 Å². The molecule has 3 N–H and O–H groups in total. The lowest BCUT2D eigenvalue weighted by atomic mass is 9.89. The van der Waals surface area contributed by atoms with Gasteiger partial charge in [0.25, 0.3) is 5.69 Å². The van der Waals surface area contributed by atoms with Gasteiger partial charge in [0.15, 0.2) is 5.78 Å². The number of rotatable bonds is 5. The molecule has 8 nitrogen and oxygen atoms in total. The second-order valence-electron chi connectivity index (χ2n) is 6.43. The fourth-order valence-electron chi connectivity index (χ4n) is 3.46. The Hall–Kier alpha value is -3.00. The zero-order valence-electron chi connectivity index (χ0n) is 14.1. The maximum absolute atomic E-state index is 13.0. The van der Waals surface area contributed by atoms with Crippen molar-refractivity contribution in [1.82, 2.24) is 5.32 Å². The maximum Gasteiger partial charge on any atom is 0.292 e. The highest BCUT2D eigenvalue weighted by Gasteiger charge is 2.35. The van der Waals surface area contributed by atoms with Crippen molar-refractivity contribution in [3.8, 4) is 11.5 Å². The third-order valence-electron chi connectivity index (χ3n) is 4.56. The fraction of sp³-hybridized carbons (Fsp3) is 0.333. The van der Waals surface area contributed by atoms with Crippen LogP contribution in [0.15, 0.2) is 18.2 Å². The normalized spacial score (nSPS) is 16.7. The van der Waals surface area contributed by atoms with E-state index in [2.05, 4.69) is 5.32 Å². The van der Waals surface area contributed by atoms with E-state index in [9.17, 15) is 29.9 Å².